The van der Waals surface area contributed by atoms with Gasteiger partial charge in [-0.25, -0.2) is 9.78 Å². The number of aromatic nitrogens is 1. The van der Waals surface area contributed by atoms with E-state index in [1.165, 1.54) is 12.3 Å². The molecular weight excluding hydrogens is 374 g/mol. The average molecular weight is 397 g/mol. The normalized spacial score (nSPS) is 20.0. The number of nitrogens with two attached hydrogens (primary N) is 1. The van der Waals surface area contributed by atoms with Crippen LogP contribution in [0, 0.1) is 0 Å². The molecule has 1 aromatic heterocycles. The predicted octanol–water partition coefficient (Wildman–Crippen LogP) is 1.24. The molecule has 152 valence electrons. The van der Waals surface area contributed by atoms with Crippen LogP contribution < -0.4 is 16.0 Å². The molecule has 4 N–H and O–H groups in total. The number of carbonyl (C=O) groups is 2. The zero-order valence-electron chi connectivity index (χ0n) is 15.8. The summed E-state index contributed by atoms with van der Waals surface area (Å²) in [5.74, 6) is -1.03. The van der Waals surface area contributed by atoms with Crippen LogP contribution in [-0.2, 0) is 9.53 Å². The van der Waals surface area contributed by atoms with Gasteiger partial charge in [-0.1, -0.05) is 30.3 Å². The molecule has 0 radical (unpaired) electrons. The number of anilines is 2. The van der Waals surface area contributed by atoms with Crippen molar-refractivity contribution < 1.29 is 19.4 Å². The number of carboxylic acids is 1. The van der Waals surface area contributed by atoms with E-state index in [4.69, 9.17) is 10.5 Å². The fourth-order valence-corrected chi connectivity index (χ4v) is 3.98. The zero-order chi connectivity index (χ0) is 20.4. The third kappa shape index (κ3) is 3.74. The van der Waals surface area contributed by atoms with Crippen molar-refractivity contribution in [3.05, 3.63) is 53.7 Å². The van der Waals surface area contributed by atoms with Gasteiger partial charge in [0, 0.05) is 19.3 Å². The lowest BCUT2D eigenvalue weighted by Gasteiger charge is -2.43. The maximum atomic E-state index is 12.0. The molecule has 0 spiro atoms. The van der Waals surface area contributed by atoms with Crippen molar-refractivity contribution in [2.75, 3.05) is 36.5 Å². The van der Waals surface area contributed by atoms with Crippen LogP contribution in [0.5, 0.6) is 0 Å². The number of aromatic carboxylic acids is 1. The SMILES string of the molecule is NC(=O)CC(N1CCOCC1)N1c2c(C(=O)O)ccnc2NC1c1ccccc1. The van der Waals surface area contributed by atoms with E-state index in [1.54, 1.807) is 0 Å². The summed E-state index contributed by atoms with van der Waals surface area (Å²) < 4.78 is 5.46. The van der Waals surface area contributed by atoms with Gasteiger partial charge in [-0.3, -0.25) is 9.69 Å². The number of rotatable bonds is 6. The summed E-state index contributed by atoms with van der Waals surface area (Å²) in [6.45, 7) is 2.32. The summed E-state index contributed by atoms with van der Waals surface area (Å²) >= 11 is 0. The van der Waals surface area contributed by atoms with Crippen molar-refractivity contribution in [3.63, 3.8) is 0 Å². The first-order valence-corrected chi connectivity index (χ1v) is 9.48. The van der Waals surface area contributed by atoms with E-state index in [9.17, 15) is 14.7 Å². The number of morpholine rings is 1. The Kier molecular flexibility index (Phi) is 5.32. The van der Waals surface area contributed by atoms with Gasteiger partial charge in [0.25, 0.3) is 0 Å². The molecule has 1 amide bonds. The Bertz CT molecular complexity index is 901. The highest BCUT2D eigenvalue weighted by atomic mass is 16.5. The highest BCUT2D eigenvalue weighted by Crippen LogP contribution is 2.44. The number of nitrogens with one attached hydrogen (secondary N) is 1. The molecule has 9 heteroatoms. The minimum absolute atomic E-state index is 0.0540. The summed E-state index contributed by atoms with van der Waals surface area (Å²) in [5, 5.41) is 13.1. The molecule has 2 aliphatic heterocycles. The molecule has 2 aromatic rings. The molecule has 3 heterocycles. The lowest BCUT2D eigenvalue weighted by atomic mass is 10.1. The second kappa shape index (κ2) is 8.06. The molecule has 29 heavy (non-hydrogen) atoms. The van der Waals surface area contributed by atoms with Crippen LogP contribution in [0.4, 0.5) is 11.5 Å². The molecule has 0 aliphatic carbocycles. The Morgan fingerprint density at radius 3 is 2.62 bits per heavy atom. The van der Waals surface area contributed by atoms with Crippen molar-refractivity contribution in [1.82, 2.24) is 9.88 Å². The minimum atomic E-state index is -1.05. The largest absolute Gasteiger partial charge is 0.478 e. The Hall–Kier alpha value is -3.17. The lowest BCUT2D eigenvalue weighted by molar-refractivity contribution is -0.119. The van der Waals surface area contributed by atoms with Crippen molar-refractivity contribution in [3.8, 4) is 0 Å². The van der Waals surface area contributed by atoms with E-state index in [0.717, 1.165) is 5.56 Å². The fourth-order valence-electron chi connectivity index (χ4n) is 3.98. The van der Waals surface area contributed by atoms with E-state index in [2.05, 4.69) is 15.2 Å². The van der Waals surface area contributed by atoms with E-state index < -0.39 is 18.0 Å². The molecule has 4 rings (SSSR count). The summed E-state index contributed by atoms with van der Waals surface area (Å²) in [6, 6.07) is 11.1. The van der Waals surface area contributed by atoms with E-state index in [-0.39, 0.29) is 18.2 Å². The van der Waals surface area contributed by atoms with Crippen LogP contribution in [0.3, 0.4) is 0 Å². The number of carbonyl (C=O) groups excluding carboxylic acids is 1. The van der Waals surface area contributed by atoms with Gasteiger partial charge >= 0.3 is 5.97 Å². The van der Waals surface area contributed by atoms with Crippen molar-refractivity contribution >= 4 is 23.4 Å². The molecule has 2 atom stereocenters. The molecule has 1 fully saturated rings. The van der Waals surface area contributed by atoms with Gasteiger partial charge in [0.2, 0.25) is 5.91 Å². The highest BCUT2D eigenvalue weighted by Gasteiger charge is 2.41. The standard InChI is InChI=1S/C20H23N5O4/c21-15(26)12-16(24-8-10-29-11-9-24)25-17-14(20(27)28)6-7-22-18(17)23-19(25)13-4-2-1-3-5-13/h1-7,16,19H,8-12H2,(H2,21,26)(H,22,23)(H,27,28). The number of amides is 1. The number of benzene rings is 1. The van der Waals surface area contributed by atoms with Crippen molar-refractivity contribution in [2.45, 2.75) is 18.8 Å². The highest BCUT2D eigenvalue weighted by molar-refractivity contribution is 5.99. The Morgan fingerprint density at radius 2 is 1.97 bits per heavy atom. The summed E-state index contributed by atoms with van der Waals surface area (Å²) in [7, 11) is 0. The number of fused-ring (bicyclic) bond motifs is 1. The first-order valence-electron chi connectivity index (χ1n) is 9.48. The second-order valence-electron chi connectivity index (χ2n) is 7.03. The summed E-state index contributed by atoms with van der Waals surface area (Å²) in [6.07, 6.45) is 0.709. The number of carboxylic acid groups (broad SMARTS) is 1. The first-order chi connectivity index (χ1) is 14.1. The Labute approximate surface area is 168 Å². The average Bonchev–Trinajstić information content (AvgIpc) is 3.12. The number of pyridine rings is 1. The number of hydrogen-bond acceptors (Lipinski definition) is 7. The molecule has 1 saturated heterocycles. The van der Waals surface area contributed by atoms with Gasteiger partial charge < -0.3 is 25.8 Å². The lowest BCUT2D eigenvalue weighted by Crippen LogP contribution is -2.55. The van der Waals surface area contributed by atoms with Gasteiger partial charge in [-0.15, -0.1) is 0 Å². The quantitative estimate of drug-likeness (QED) is 0.666. The van der Waals surface area contributed by atoms with Gasteiger partial charge in [0.15, 0.2) is 5.82 Å². The van der Waals surface area contributed by atoms with Crippen molar-refractivity contribution in [1.29, 1.82) is 0 Å². The molecule has 0 bridgehead atoms. The molecule has 2 aliphatic rings. The number of hydrogen-bond donors (Lipinski definition) is 3. The maximum absolute atomic E-state index is 12.0. The molecule has 9 nitrogen and oxygen atoms in total. The van der Waals surface area contributed by atoms with Gasteiger partial charge in [0.1, 0.15) is 6.17 Å². The fraction of sp³-hybridized carbons (Fsp3) is 0.350. The van der Waals surface area contributed by atoms with Crippen LogP contribution in [0.1, 0.15) is 28.5 Å². The van der Waals surface area contributed by atoms with Gasteiger partial charge in [-0.05, 0) is 11.6 Å². The smallest absolute Gasteiger partial charge is 0.338 e. The zero-order valence-corrected chi connectivity index (χ0v) is 15.8. The predicted molar refractivity (Wildman–Crippen MR) is 106 cm³/mol. The van der Waals surface area contributed by atoms with Crippen LogP contribution in [0.25, 0.3) is 0 Å². The van der Waals surface area contributed by atoms with Crippen LogP contribution in [-0.4, -0.2) is 59.3 Å². The van der Waals surface area contributed by atoms with Gasteiger partial charge in [-0.2, -0.15) is 0 Å². The topological polar surface area (TPSA) is 121 Å². The minimum Gasteiger partial charge on any atom is -0.478 e. The third-order valence-electron chi connectivity index (χ3n) is 5.25. The number of primary amides is 1. The van der Waals surface area contributed by atoms with Crippen LogP contribution in [0.2, 0.25) is 0 Å². The Morgan fingerprint density at radius 1 is 1.24 bits per heavy atom. The summed E-state index contributed by atoms with van der Waals surface area (Å²) in [5.41, 5.74) is 7.12. The number of nitrogens with zero attached hydrogens (tertiary/aromatic N) is 3. The van der Waals surface area contributed by atoms with Crippen LogP contribution >= 0.6 is 0 Å². The molecular formula is C20H23N5O4. The molecule has 1 aromatic carbocycles. The first kappa shape index (κ1) is 19.2. The maximum Gasteiger partial charge on any atom is 0.338 e. The molecule has 2 unspecified atom stereocenters. The molecule has 0 saturated carbocycles. The summed E-state index contributed by atoms with van der Waals surface area (Å²) in [4.78, 5) is 32.3. The second-order valence-corrected chi connectivity index (χ2v) is 7.03. The third-order valence-corrected chi connectivity index (χ3v) is 5.25. The number of ether oxygens (including phenoxy) is 1. The van der Waals surface area contributed by atoms with Gasteiger partial charge in [0.05, 0.1) is 37.1 Å². The van der Waals surface area contributed by atoms with E-state index in [1.807, 2.05) is 35.2 Å². The van der Waals surface area contributed by atoms with Crippen molar-refractivity contribution in [2.24, 2.45) is 5.73 Å². The van der Waals surface area contributed by atoms with E-state index >= 15 is 0 Å². The Balaban J connectivity index is 1.84. The monoisotopic (exact) mass is 397 g/mol. The van der Waals surface area contributed by atoms with E-state index in [0.29, 0.717) is 37.8 Å². The van der Waals surface area contributed by atoms with Crippen LogP contribution in [0.15, 0.2) is 42.6 Å².